The molecule has 0 aliphatic rings. The maximum absolute atomic E-state index is 9.24. The van der Waals surface area contributed by atoms with Gasteiger partial charge in [0, 0.05) is 0 Å². The maximum Gasteiger partial charge on any atom is 0.164 e. The second-order valence-corrected chi connectivity index (χ2v) is 4.18. The van der Waals surface area contributed by atoms with Gasteiger partial charge in [0.2, 0.25) is 0 Å². The minimum atomic E-state index is -0.453. The summed E-state index contributed by atoms with van der Waals surface area (Å²) in [6.45, 7) is 3.98. The van der Waals surface area contributed by atoms with Crippen LogP contribution in [0.25, 0.3) is 0 Å². The number of rotatable bonds is 2. The van der Waals surface area contributed by atoms with Crippen molar-refractivity contribution in [3.63, 3.8) is 0 Å². The molecular formula is C8H11O2P. The molecule has 0 fully saturated rings. The smallest absolute Gasteiger partial charge is 0.164 e. The molecule has 1 aromatic rings. The lowest BCUT2D eigenvalue weighted by atomic mass is 10.3. The predicted octanol–water partition coefficient (Wildman–Crippen LogP) is 2.43. The lowest BCUT2D eigenvalue weighted by Crippen LogP contribution is -1.83. The fraction of sp³-hybridized carbons (Fsp3) is 0.250. The summed E-state index contributed by atoms with van der Waals surface area (Å²) in [5, 5.41) is 9.24. The van der Waals surface area contributed by atoms with Crippen molar-refractivity contribution in [2.45, 2.75) is 0 Å². The van der Waals surface area contributed by atoms with E-state index in [1.54, 1.807) is 18.2 Å². The zero-order valence-electron chi connectivity index (χ0n) is 6.61. The second-order valence-electron chi connectivity index (χ2n) is 2.37. The first-order valence-electron chi connectivity index (χ1n) is 3.33. The third kappa shape index (κ3) is 2.39. The Morgan fingerprint density at radius 2 is 1.91 bits per heavy atom. The highest BCUT2D eigenvalue weighted by Gasteiger charge is 2.01. The van der Waals surface area contributed by atoms with Gasteiger partial charge in [-0.2, -0.15) is 0 Å². The summed E-state index contributed by atoms with van der Waals surface area (Å²) in [7, 11) is -0.453. The van der Waals surface area contributed by atoms with E-state index in [9.17, 15) is 5.11 Å². The lowest BCUT2D eigenvalue weighted by molar-refractivity contribution is 0.447. The molecule has 1 N–H and O–H groups in total. The van der Waals surface area contributed by atoms with Gasteiger partial charge in [-0.25, -0.2) is 0 Å². The van der Waals surface area contributed by atoms with Crippen molar-refractivity contribution in [1.82, 2.24) is 0 Å². The molecule has 11 heavy (non-hydrogen) atoms. The van der Waals surface area contributed by atoms with Gasteiger partial charge in [0.05, 0.1) is 8.15 Å². The van der Waals surface area contributed by atoms with Crippen molar-refractivity contribution in [3.8, 4) is 11.5 Å². The van der Waals surface area contributed by atoms with Gasteiger partial charge >= 0.3 is 0 Å². The van der Waals surface area contributed by atoms with Crippen molar-refractivity contribution < 1.29 is 9.63 Å². The monoisotopic (exact) mass is 170 g/mol. The molecule has 0 atom stereocenters. The van der Waals surface area contributed by atoms with Crippen molar-refractivity contribution >= 4 is 8.15 Å². The first-order valence-corrected chi connectivity index (χ1v) is 5.49. The summed E-state index contributed by atoms with van der Waals surface area (Å²) in [5.41, 5.74) is 0. The van der Waals surface area contributed by atoms with Crippen LogP contribution in [0.5, 0.6) is 11.5 Å². The highest BCUT2D eigenvalue weighted by molar-refractivity contribution is 7.51. The Balaban J connectivity index is 2.78. The first-order chi connectivity index (χ1) is 5.20. The third-order valence-electron chi connectivity index (χ3n) is 1.15. The Labute approximate surface area is 67.7 Å². The van der Waals surface area contributed by atoms with Crippen LogP contribution in [0.2, 0.25) is 0 Å². The van der Waals surface area contributed by atoms with E-state index in [4.69, 9.17) is 4.52 Å². The van der Waals surface area contributed by atoms with E-state index >= 15 is 0 Å². The zero-order valence-corrected chi connectivity index (χ0v) is 7.51. The molecule has 60 valence electrons. The topological polar surface area (TPSA) is 29.5 Å². The van der Waals surface area contributed by atoms with Gasteiger partial charge < -0.3 is 9.63 Å². The average molecular weight is 170 g/mol. The van der Waals surface area contributed by atoms with Crippen LogP contribution in [0, 0.1) is 0 Å². The van der Waals surface area contributed by atoms with Crippen LogP contribution in [-0.2, 0) is 0 Å². The number of aromatic hydroxyl groups is 1. The van der Waals surface area contributed by atoms with Crippen molar-refractivity contribution in [3.05, 3.63) is 24.3 Å². The maximum atomic E-state index is 9.24. The van der Waals surface area contributed by atoms with Gasteiger partial charge in [-0.3, -0.25) is 0 Å². The highest BCUT2D eigenvalue weighted by atomic mass is 31.1. The van der Waals surface area contributed by atoms with Gasteiger partial charge in [-0.15, -0.1) is 0 Å². The quantitative estimate of drug-likeness (QED) is 0.690. The minimum Gasteiger partial charge on any atom is -0.504 e. The molecule has 3 heteroatoms. The molecule has 0 saturated heterocycles. The van der Waals surface area contributed by atoms with E-state index < -0.39 is 8.15 Å². The number of para-hydroxylation sites is 2. The van der Waals surface area contributed by atoms with Crippen LogP contribution in [-0.4, -0.2) is 18.4 Å². The Morgan fingerprint density at radius 3 is 2.45 bits per heavy atom. The van der Waals surface area contributed by atoms with Crippen LogP contribution in [0.15, 0.2) is 24.3 Å². The molecule has 0 aliphatic heterocycles. The highest BCUT2D eigenvalue weighted by Crippen LogP contribution is 2.35. The van der Waals surface area contributed by atoms with E-state index in [2.05, 4.69) is 0 Å². The number of hydrogen-bond acceptors (Lipinski definition) is 2. The van der Waals surface area contributed by atoms with E-state index in [0.717, 1.165) is 0 Å². The largest absolute Gasteiger partial charge is 0.504 e. The molecule has 0 amide bonds. The summed E-state index contributed by atoms with van der Waals surface area (Å²) in [5.74, 6) is 0.785. The lowest BCUT2D eigenvalue weighted by Gasteiger charge is -2.09. The van der Waals surface area contributed by atoms with Crippen molar-refractivity contribution in [2.24, 2.45) is 0 Å². The molecule has 0 bridgehead atoms. The zero-order chi connectivity index (χ0) is 8.27. The Bertz CT molecular complexity index is 235. The number of phenolic OH excluding ortho intramolecular Hbond substituents is 1. The van der Waals surface area contributed by atoms with Crippen LogP contribution in [0.1, 0.15) is 0 Å². The summed E-state index contributed by atoms with van der Waals surface area (Å²) in [4.78, 5) is 0. The first kappa shape index (κ1) is 8.35. The van der Waals surface area contributed by atoms with Crippen LogP contribution < -0.4 is 4.52 Å². The minimum absolute atomic E-state index is 0.212. The Hall–Kier alpha value is -0.750. The standard InChI is InChI=1S/C8H11O2P/c1-11(2)10-8-6-4-3-5-7(8)9/h3-6,9H,1-2H3. The third-order valence-corrected chi connectivity index (χ3v) is 1.71. The van der Waals surface area contributed by atoms with Crippen LogP contribution >= 0.6 is 8.15 Å². The molecule has 0 unspecified atom stereocenters. The Kier molecular flexibility index (Phi) is 2.72. The molecule has 0 aromatic heterocycles. The van der Waals surface area contributed by atoms with E-state index in [1.165, 1.54) is 0 Å². The molecule has 0 aliphatic carbocycles. The van der Waals surface area contributed by atoms with Crippen molar-refractivity contribution in [2.75, 3.05) is 13.3 Å². The number of phenols is 1. The van der Waals surface area contributed by atoms with Crippen molar-refractivity contribution in [1.29, 1.82) is 0 Å². The normalized spacial score (nSPS) is 10.1. The number of hydrogen-bond donors (Lipinski definition) is 1. The molecule has 0 saturated carbocycles. The summed E-state index contributed by atoms with van der Waals surface area (Å²) >= 11 is 0. The fourth-order valence-corrected chi connectivity index (χ4v) is 1.28. The Morgan fingerprint density at radius 1 is 1.27 bits per heavy atom. The van der Waals surface area contributed by atoms with Gasteiger partial charge in [0.1, 0.15) is 0 Å². The van der Waals surface area contributed by atoms with Gasteiger partial charge in [-0.05, 0) is 25.5 Å². The summed E-state index contributed by atoms with van der Waals surface area (Å²) in [6.07, 6.45) is 0. The summed E-state index contributed by atoms with van der Waals surface area (Å²) < 4.78 is 5.36. The van der Waals surface area contributed by atoms with Gasteiger partial charge in [0.15, 0.2) is 11.5 Å². The van der Waals surface area contributed by atoms with Crippen LogP contribution in [0.4, 0.5) is 0 Å². The number of benzene rings is 1. The van der Waals surface area contributed by atoms with Gasteiger partial charge in [0.25, 0.3) is 0 Å². The molecule has 1 aromatic carbocycles. The molecule has 0 spiro atoms. The van der Waals surface area contributed by atoms with Crippen LogP contribution in [0.3, 0.4) is 0 Å². The molecule has 1 rings (SSSR count). The molecule has 2 nitrogen and oxygen atoms in total. The predicted molar refractivity (Wildman–Crippen MR) is 47.5 cm³/mol. The fourth-order valence-electron chi connectivity index (χ4n) is 0.731. The average Bonchev–Trinajstić information content (AvgIpc) is 1.93. The van der Waals surface area contributed by atoms with Gasteiger partial charge in [-0.1, -0.05) is 12.1 Å². The van der Waals surface area contributed by atoms with E-state index in [1.807, 2.05) is 19.4 Å². The van der Waals surface area contributed by atoms with E-state index in [-0.39, 0.29) is 5.75 Å². The molecular weight excluding hydrogens is 159 g/mol. The SMILES string of the molecule is CP(C)Oc1ccccc1O. The summed E-state index contributed by atoms with van der Waals surface area (Å²) in [6, 6.07) is 7.00. The molecule has 0 heterocycles. The molecule has 0 radical (unpaired) electrons. The van der Waals surface area contributed by atoms with E-state index in [0.29, 0.717) is 5.75 Å². The second kappa shape index (κ2) is 3.59.